The SMILES string of the molecule is Cc1c(OCC2CCN(C)CC2)nn(-c2ccccc2)c1NC(=O)N[C@H]1CN(CC(F)(F)F)[C@@H]2COc3ccccc3[C@H]12. The van der Waals surface area contributed by atoms with E-state index in [0.29, 0.717) is 35.5 Å². The zero-order chi connectivity index (χ0) is 30.1. The van der Waals surface area contributed by atoms with Crippen LogP contribution >= 0.6 is 0 Å². The topological polar surface area (TPSA) is 83.9 Å². The van der Waals surface area contributed by atoms with Gasteiger partial charge in [-0.05, 0) is 64.0 Å². The second-order valence-electron chi connectivity index (χ2n) is 11.8. The Morgan fingerprint density at radius 3 is 2.56 bits per heavy atom. The highest BCUT2D eigenvalue weighted by Crippen LogP contribution is 2.43. The number of nitrogens with zero attached hydrogens (tertiary/aromatic N) is 4. The fourth-order valence-electron chi connectivity index (χ4n) is 6.49. The first-order chi connectivity index (χ1) is 20.7. The minimum absolute atomic E-state index is 0.0435. The van der Waals surface area contributed by atoms with Gasteiger partial charge in [0.2, 0.25) is 5.88 Å². The predicted molar refractivity (Wildman–Crippen MR) is 156 cm³/mol. The number of rotatable bonds is 7. The number of urea groups is 1. The maximum Gasteiger partial charge on any atom is 0.401 e. The Morgan fingerprint density at radius 2 is 1.81 bits per heavy atom. The maximum atomic E-state index is 13.5. The van der Waals surface area contributed by atoms with Gasteiger partial charge in [-0.2, -0.15) is 13.2 Å². The minimum atomic E-state index is -4.37. The normalized spacial score (nSPS) is 22.9. The van der Waals surface area contributed by atoms with Crippen LogP contribution in [0.5, 0.6) is 11.6 Å². The van der Waals surface area contributed by atoms with Crippen molar-refractivity contribution in [3.8, 4) is 17.3 Å². The fraction of sp³-hybridized carbons (Fsp3) is 0.484. The molecule has 2 fully saturated rings. The number of ether oxygens (including phenoxy) is 2. The minimum Gasteiger partial charge on any atom is -0.492 e. The molecule has 2 N–H and O–H groups in total. The van der Waals surface area contributed by atoms with E-state index in [2.05, 4.69) is 22.6 Å². The van der Waals surface area contributed by atoms with Crippen LogP contribution in [0.1, 0.15) is 29.9 Å². The lowest BCUT2D eigenvalue weighted by molar-refractivity contribution is -0.149. The van der Waals surface area contributed by atoms with Gasteiger partial charge in [0.05, 0.1) is 36.5 Å². The quantitative estimate of drug-likeness (QED) is 0.406. The highest BCUT2D eigenvalue weighted by atomic mass is 19.4. The summed E-state index contributed by atoms with van der Waals surface area (Å²) in [5, 5.41) is 10.6. The zero-order valence-electron chi connectivity index (χ0n) is 24.3. The Morgan fingerprint density at radius 1 is 1.09 bits per heavy atom. The summed E-state index contributed by atoms with van der Waals surface area (Å²) in [5.41, 5.74) is 2.21. The monoisotopic (exact) mass is 598 g/mol. The summed E-state index contributed by atoms with van der Waals surface area (Å²) in [5.74, 6) is 1.58. The maximum absolute atomic E-state index is 13.5. The molecule has 9 nitrogen and oxygen atoms in total. The molecule has 0 bridgehead atoms. The van der Waals surface area contributed by atoms with Crippen LogP contribution in [0, 0.1) is 12.8 Å². The van der Waals surface area contributed by atoms with Crippen LogP contribution in [0.25, 0.3) is 5.69 Å². The molecule has 3 aromatic rings. The smallest absolute Gasteiger partial charge is 0.401 e. The third-order valence-electron chi connectivity index (χ3n) is 8.74. The van der Waals surface area contributed by atoms with Gasteiger partial charge in [-0.15, -0.1) is 5.10 Å². The first kappa shape index (κ1) is 29.3. The summed E-state index contributed by atoms with van der Waals surface area (Å²) in [6, 6.07) is 15.1. The van der Waals surface area contributed by atoms with E-state index in [0.717, 1.165) is 37.2 Å². The summed E-state index contributed by atoms with van der Waals surface area (Å²) in [6.07, 6.45) is -2.28. The van der Waals surface area contributed by atoms with Crippen molar-refractivity contribution in [2.45, 2.75) is 43.9 Å². The number of benzene rings is 2. The Hall–Kier alpha value is -3.77. The van der Waals surface area contributed by atoms with Gasteiger partial charge in [-0.1, -0.05) is 36.4 Å². The molecule has 0 radical (unpaired) electrons. The number of alkyl halides is 3. The molecule has 0 aliphatic carbocycles. The number of anilines is 1. The number of carbonyl (C=O) groups excluding carboxylic acids is 1. The van der Waals surface area contributed by atoms with Crippen molar-refractivity contribution < 1.29 is 27.4 Å². The molecule has 3 atom stereocenters. The van der Waals surface area contributed by atoms with Crippen LogP contribution in [0.3, 0.4) is 0 Å². The molecule has 6 rings (SSSR count). The molecule has 12 heteroatoms. The van der Waals surface area contributed by atoms with Gasteiger partial charge in [0.25, 0.3) is 0 Å². The second kappa shape index (κ2) is 12.1. The lowest BCUT2D eigenvalue weighted by Crippen LogP contribution is -2.44. The van der Waals surface area contributed by atoms with Gasteiger partial charge in [-0.25, -0.2) is 9.48 Å². The van der Waals surface area contributed by atoms with E-state index in [1.807, 2.05) is 61.5 Å². The van der Waals surface area contributed by atoms with Crippen LogP contribution in [-0.4, -0.2) is 90.3 Å². The number of nitrogens with one attached hydrogen (secondary N) is 2. The van der Waals surface area contributed by atoms with Crippen molar-refractivity contribution in [1.29, 1.82) is 0 Å². The molecule has 1 aromatic heterocycles. The number of piperidine rings is 1. The van der Waals surface area contributed by atoms with Crippen molar-refractivity contribution in [3.05, 3.63) is 65.7 Å². The standard InChI is InChI=1S/C31H37F3N6O3/c1-20-28(40(22-8-4-3-5-9-22)37-29(20)43-17-21-12-14-38(2)15-13-21)36-30(41)35-24-16-39(19-31(32,33)34)25-18-42-26-11-7-6-10-23(26)27(24)25/h3-11,21,24-25,27H,12-19H2,1-2H3,(H2,35,36,41)/t24-,25+,27+/m0/s1. The van der Waals surface area contributed by atoms with E-state index in [9.17, 15) is 18.0 Å². The van der Waals surface area contributed by atoms with Gasteiger partial charge in [0, 0.05) is 18.0 Å². The molecule has 2 aromatic carbocycles. The van der Waals surface area contributed by atoms with E-state index >= 15 is 0 Å². The van der Waals surface area contributed by atoms with Crippen molar-refractivity contribution in [2.75, 3.05) is 51.8 Å². The molecule has 4 heterocycles. The van der Waals surface area contributed by atoms with Crippen LogP contribution in [-0.2, 0) is 0 Å². The van der Waals surface area contributed by atoms with Crippen LogP contribution in [0.2, 0.25) is 0 Å². The van der Waals surface area contributed by atoms with Crippen LogP contribution in [0.4, 0.5) is 23.8 Å². The number of amides is 2. The average molecular weight is 599 g/mol. The lowest BCUT2D eigenvalue weighted by atomic mass is 9.86. The Balaban J connectivity index is 1.22. The summed E-state index contributed by atoms with van der Waals surface area (Å²) in [6.45, 7) is 3.52. The van der Waals surface area contributed by atoms with E-state index < -0.39 is 30.8 Å². The summed E-state index contributed by atoms with van der Waals surface area (Å²) in [7, 11) is 2.12. The molecule has 0 saturated carbocycles. The van der Waals surface area contributed by atoms with E-state index in [4.69, 9.17) is 14.6 Å². The number of hydrogen-bond acceptors (Lipinski definition) is 6. The number of para-hydroxylation sites is 2. The average Bonchev–Trinajstić information content (AvgIpc) is 3.48. The van der Waals surface area contributed by atoms with Gasteiger partial charge >= 0.3 is 12.2 Å². The van der Waals surface area contributed by atoms with Crippen LogP contribution < -0.4 is 20.1 Å². The Kier molecular flexibility index (Phi) is 8.23. The summed E-state index contributed by atoms with van der Waals surface area (Å²) in [4.78, 5) is 17.2. The highest BCUT2D eigenvalue weighted by Gasteiger charge is 2.49. The molecule has 230 valence electrons. The Bertz CT molecular complexity index is 1420. The number of likely N-dealkylation sites (tertiary alicyclic amines) is 2. The predicted octanol–water partition coefficient (Wildman–Crippen LogP) is 4.81. The number of fused-ring (bicyclic) bond motifs is 3. The second-order valence-corrected chi connectivity index (χ2v) is 11.8. The number of hydrogen-bond donors (Lipinski definition) is 2. The summed E-state index contributed by atoms with van der Waals surface area (Å²) < 4.78 is 54.1. The van der Waals surface area contributed by atoms with E-state index in [1.165, 1.54) is 4.90 Å². The lowest BCUT2D eigenvalue weighted by Gasteiger charge is -2.34. The number of halogens is 3. The van der Waals surface area contributed by atoms with Crippen molar-refractivity contribution >= 4 is 11.8 Å². The zero-order valence-corrected chi connectivity index (χ0v) is 24.3. The molecule has 3 aliphatic heterocycles. The largest absolute Gasteiger partial charge is 0.492 e. The first-order valence-electron chi connectivity index (χ1n) is 14.7. The molecule has 3 aliphatic rings. The van der Waals surface area contributed by atoms with E-state index in [1.54, 1.807) is 4.68 Å². The molecule has 0 unspecified atom stereocenters. The highest BCUT2D eigenvalue weighted by molar-refractivity contribution is 5.90. The molecule has 0 spiro atoms. The molecular weight excluding hydrogens is 561 g/mol. The van der Waals surface area contributed by atoms with Gasteiger partial charge in [-0.3, -0.25) is 10.2 Å². The van der Waals surface area contributed by atoms with E-state index in [-0.39, 0.29) is 19.1 Å². The van der Waals surface area contributed by atoms with Crippen molar-refractivity contribution in [1.82, 2.24) is 24.9 Å². The number of aromatic nitrogens is 2. The Labute approximate surface area is 248 Å². The third kappa shape index (κ3) is 6.45. The van der Waals surface area contributed by atoms with Gasteiger partial charge in [0.15, 0.2) is 0 Å². The van der Waals surface area contributed by atoms with Crippen LogP contribution in [0.15, 0.2) is 54.6 Å². The summed E-state index contributed by atoms with van der Waals surface area (Å²) >= 11 is 0. The third-order valence-corrected chi connectivity index (χ3v) is 8.74. The fourth-order valence-corrected chi connectivity index (χ4v) is 6.49. The molecule has 2 saturated heterocycles. The molecular formula is C31H37F3N6O3. The van der Waals surface area contributed by atoms with Crippen molar-refractivity contribution in [2.24, 2.45) is 5.92 Å². The first-order valence-corrected chi connectivity index (χ1v) is 14.7. The number of carbonyl (C=O) groups is 1. The van der Waals surface area contributed by atoms with Crippen molar-refractivity contribution in [3.63, 3.8) is 0 Å². The molecule has 43 heavy (non-hydrogen) atoms. The van der Waals surface area contributed by atoms with Gasteiger partial charge in [0.1, 0.15) is 18.2 Å². The van der Waals surface area contributed by atoms with Gasteiger partial charge < -0.3 is 19.7 Å². The molecule has 2 amide bonds.